The molecule has 0 fully saturated rings. The predicted molar refractivity (Wildman–Crippen MR) is 65.7 cm³/mol. The highest BCUT2D eigenvalue weighted by Crippen LogP contribution is 2.19. The first kappa shape index (κ1) is 10.9. The van der Waals surface area contributed by atoms with Gasteiger partial charge >= 0.3 is 0 Å². The van der Waals surface area contributed by atoms with Crippen molar-refractivity contribution >= 4 is 11.5 Å². The van der Waals surface area contributed by atoms with Crippen molar-refractivity contribution in [2.75, 3.05) is 5.32 Å². The van der Waals surface area contributed by atoms with Crippen LogP contribution in [0.25, 0.3) is 5.65 Å². The Hall–Kier alpha value is -1.58. The molecule has 1 N–H and O–H groups in total. The maximum Gasteiger partial charge on any atom is 0.157 e. The van der Waals surface area contributed by atoms with Crippen LogP contribution in [-0.4, -0.2) is 20.1 Å². The zero-order valence-corrected chi connectivity index (χ0v) is 10.3. The molecule has 0 atom stereocenters. The van der Waals surface area contributed by atoms with Crippen molar-refractivity contribution in [1.29, 1.82) is 0 Å². The number of hydrogen-bond donors (Lipinski definition) is 1. The third kappa shape index (κ3) is 2.01. The third-order valence-corrected chi connectivity index (χ3v) is 2.87. The van der Waals surface area contributed by atoms with Gasteiger partial charge in [0.2, 0.25) is 0 Å². The summed E-state index contributed by atoms with van der Waals surface area (Å²) < 4.78 is 1.84. The minimum Gasteiger partial charge on any atom is -0.365 e. The van der Waals surface area contributed by atoms with Gasteiger partial charge in [-0.15, -0.1) is 0 Å². The monoisotopic (exact) mass is 218 g/mol. The van der Waals surface area contributed by atoms with E-state index in [-0.39, 0.29) is 5.54 Å². The lowest BCUT2D eigenvalue weighted by atomic mass is 10.0. The molecule has 0 aromatic carbocycles. The van der Waals surface area contributed by atoms with Gasteiger partial charge in [-0.2, -0.15) is 9.61 Å². The summed E-state index contributed by atoms with van der Waals surface area (Å²) in [6.45, 7) is 8.59. The quantitative estimate of drug-likeness (QED) is 0.861. The van der Waals surface area contributed by atoms with Gasteiger partial charge in [-0.1, -0.05) is 6.92 Å². The molecule has 0 unspecified atom stereocenters. The number of anilines is 1. The molecular formula is C12H18N4. The fourth-order valence-electron chi connectivity index (χ4n) is 1.58. The van der Waals surface area contributed by atoms with E-state index in [0.29, 0.717) is 0 Å². The predicted octanol–water partition coefficient (Wildman–Crippen LogP) is 2.64. The second-order valence-electron chi connectivity index (χ2n) is 4.81. The zero-order chi connectivity index (χ0) is 11.8. The highest BCUT2D eigenvalue weighted by atomic mass is 15.3. The van der Waals surface area contributed by atoms with Crippen LogP contribution < -0.4 is 5.32 Å². The molecule has 0 aliphatic heterocycles. The average Bonchev–Trinajstić information content (AvgIpc) is 2.65. The van der Waals surface area contributed by atoms with Crippen molar-refractivity contribution in [3.8, 4) is 0 Å². The summed E-state index contributed by atoms with van der Waals surface area (Å²) in [6.07, 6.45) is 2.63. The molecule has 0 radical (unpaired) electrons. The Kier molecular flexibility index (Phi) is 2.58. The second kappa shape index (κ2) is 3.77. The van der Waals surface area contributed by atoms with Crippen LogP contribution in [0.5, 0.6) is 0 Å². The summed E-state index contributed by atoms with van der Waals surface area (Å²) in [5.41, 5.74) is 2.14. The lowest BCUT2D eigenvalue weighted by molar-refractivity contribution is 0.542. The number of rotatable bonds is 3. The van der Waals surface area contributed by atoms with Crippen molar-refractivity contribution < 1.29 is 0 Å². The van der Waals surface area contributed by atoms with Gasteiger partial charge in [0.25, 0.3) is 0 Å². The summed E-state index contributed by atoms with van der Waals surface area (Å²) in [5, 5.41) is 7.72. The van der Waals surface area contributed by atoms with Crippen LogP contribution in [-0.2, 0) is 0 Å². The highest BCUT2D eigenvalue weighted by molar-refractivity contribution is 5.52. The Labute approximate surface area is 95.7 Å². The van der Waals surface area contributed by atoms with Gasteiger partial charge in [-0.25, -0.2) is 4.98 Å². The van der Waals surface area contributed by atoms with Crippen LogP contribution in [0.2, 0.25) is 0 Å². The Morgan fingerprint density at radius 1 is 1.38 bits per heavy atom. The normalized spacial score (nSPS) is 12.0. The van der Waals surface area contributed by atoms with Crippen LogP contribution in [0.3, 0.4) is 0 Å². The first-order valence-corrected chi connectivity index (χ1v) is 5.60. The van der Waals surface area contributed by atoms with Gasteiger partial charge in [0, 0.05) is 5.54 Å². The number of aromatic nitrogens is 3. The van der Waals surface area contributed by atoms with Gasteiger partial charge in [0.1, 0.15) is 12.1 Å². The highest BCUT2D eigenvalue weighted by Gasteiger charge is 2.16. The molecule has 0 aliphatic rings. The van der Waals surface area contributed by atoms with Crippen molar-refractivity contribution in [2.45, 2.75) is 39.7 Å². The Morgan fingerprint density at radius 2 is 2.12 bits per heavy atom. The number of aryl methyl sites for hydroxylation is 1. The van der Waals surface area contributed by atoms with Crippen molar-refractivity contribution in [2.24, 2.45) is 0 Å². The molecule has 2 aromatic heterocycles. The number of fused-ring (bicyclic) bond motifs is 1. The van der Waals surface area contributed by atoms with Gasteiger partial charge in [0.05, 0.1) is 0 Å². The molecule has 0 saturated carbocycles. The summed E-state index contributed by atoms with van der Waals surface area (Å²) in [5.74, 6) is 0.999. The molecule has 2 rings (SSSR count). The SMILES string of the molecule is CCC(C)(C)Nc1cc(C)cc2ncnn12. The number of hydrogen-bond acceptors (Lipinski definition) is 3. The fourth-order valence-corrected chi connectivity index (χ4v) is 1.58. The molecule has 4 heteroatoms. The van der Waals surface area contributed by atoms with Crippen LogP contribution in [0.1, 0.15) is 32.8 Å². The fraction of sp³-hybridized carbons (Fsp3) is 0.500. The molecule has 16 heavy (non-hydrogen) atoms. The molecule has 2 aromatic rings. The first-order valence-electron chi connectivity index (χ1n) is 5.60. The first-order chi connectivity index (χ1) is 7.52. The molecule has 4 nitrogen and oxygen atoms in total. The Bertz CT molecular complexity index is 499. The lowest BCUT2D eigenvalue weighted by Gasteiger charge is -2.26. The topological polar surface area (TPSA) is 42.2 Å². The maximum atomic E-state index is 4.22. The number of nitrogens with zero attached hydrogens (tertiary/aromatic N) is 3. The van der Waals surface area contributed by atoms with E-state index in [0.717, 1.165) is 17.9 Å². The Morgan fingerprint density at radius 3 is 2.81 bits per heavy atom. The number of pyridine rings is 1. The van der Waals surface area contributed by atoms with Crippen molar-refractivity contribution in [1.82, 2.24) is 14.6 Å². The van der Waals surface area contributed by atoms with E-state index in [1.165, 1.54) is 5.56 Å². The van der Waals surface area contributed by atoms with Crippen LogP contribution in [0, 0.1) is 6.92 Å². The van der Waals surface area contributed by atoms with E-state index in [2.05, 4.69) is 49.2 Å². The van der Waals surface area contributed by atoms with E-state index >= 15 is 0 Å². The van der Waals surface area contributed by atoms with E-state index in [1.54, 1.807) is 6.33 Å². The molecule has 0 aliphatic carbocycles. The third-order valence-electron chi connectivity index (χ3n) is 2.87. The lowest BCUT2D eigenvalue weighted by Crippen LogP contribution is -2.30. The van der Waals surface area contributed by atoms with Crippen molar-refractivity contribution in [3.63, 3.8) is 0 Å². The molecule has 86 valence electrons. The van der Waals surface area contributed by atoms with Gasteiger partial charge in [-0.3, -0.25) is 0 Å². The van der Waals surface area contributed by atoms with E-state index in [9.17, 15) is 0 Å². The standard InChI is InChI=1S/C12H18N4/c1-5-12(3,4)15-11-7-9(2)6-10-13-8-14-16(10)11/h6-8,15H,5H2,1-4H3. The van der Waals surface area contributed by atoms with Gasteiger partial charge < -0.3 is 5.32 Å². The molecular weight excluding hydrogens is 200 g/mol. The molecule has 0 amide bonds. The Balaban J connectivity index is 2.47. The molecule has 0 bridgehead atoms. The zero-order valence-electron chi connectivity index (χ0n) is 10.3. The van der Waals surface area contributed by atoms with E-state index < -0.39 is 0 Å². The minimum absolute atomic E-state index is 0.0622. The van der Waals surface area contributed by atoms with E-state index in [4.69, 9.17) is 0 Å². The molecule has 0 spiro atoms. The van der Waals surface area contributed by atoms with Gasteiger partial charge in [0.15, 0.2) is 5.65 Å². The number of nitrogens with one attached hydrogen (secondary N) is 1. The average molecular weight is 218 g/mol. The maximum absolute atomic E-state index is 4.22. The van der Waals surface area contributed by atoms with E-state index in [1.807, 2.05) is 10.6 Å². The summed E-state index contributed by atoms with van der Waals surface area (Å²) in [7, 11) is 0. The van der Waals surface area contributed by atoms with Gasteiger partial charge in [-0.05, 0) is 44.9 Å². The summed E-state index contributed by atoms with van der Waals surface area (Å²) in [6, 6.07) is 4.12. The molecule has 0 saturated heterocycles. The minimum atomic E-state index is 0.0622. The second-order valence-corrected chi connectivity index (χ2v) is 4.81. The smallest absolute Gasteiger partial charge is 0.157 e. The summed E-state index contributed by atoms with van der Waals surface area (Å²) >= 11 is 0. The van der Waals surface area contributed by atoms with Crippen molar-refractivity contribution in [3.05, 3.63) is 24.0 Å². The van der Waals surface area contributed by atoms with Crippen LogP contribution in [0.4, 0.5) is 5.82 Å². The van der Waals surface area contributed by atoms with Crippen LogP contribution in [0.15, 0.2) is 18.5 Å². The molecule has 2 heterocycles. The van der Waals surface area contributed by atoms with Crippen LogP contribution >= 0.6 is 0 Å². The summed E-state index contributed by atoms with van der Waals surface area (Å²) in [4.78, 5) is 4.21. The largest absolute Gasteiger partial charge is 0.365 e.